The van der Waals surface area contributed by atoms with Crippen molar-refractivity contribution in [1.29, 1.82) is 0 Å². The Labute approximate surface area is 103 Å². The second kappa shape index (κ2) is 5.29. The van der Waals surface area contributed by atoms with Crippen LogP contribution in [0.2, 0.25) is 5.28 Å². The predicted octanol–water partition coefficient (Wildman–Crippen LogP) is 1.58. The first-order chi connectivity index (χ1) is 8.16. The minimum atomic E-state index is -0.278. The number of aliphatic hydroxyl groups excluding tert-OH is 1. The monoisotopic (exact) mass is 255 g/mol. The molecule has 0 aliphatic heterocycles. The standard InChI is InChI=1S/C10H14ClN5O/c1-6(17)3-2-4-12-8-7-5-13-16-9(7)15-10(11)14-8/h5-6,17H,2-4H2,1H3,(H2,12,13,14,15,16). The first kappa shape index (κ1) is 12.1. The van der Waals surface area contributed by atoms with E-state index in [2.05, 4.69) is 25.5 Å². The molecular formula is C10H14ClN5O. The largest absolute Gasteiger partial charge is 0.393 e. The van der Waals surface area contributed by atoms with E-state index in [0.717, 1.165) is 24.8 Å². The van der Waals surface area contributed by atoms with E-state index in [9.17, 15) is 0 Å². The lowest BCUT2D eigenvalue weighted by Gasteiger charge is -2.07. The van der Waals surface area contributed by atoms with E-state index in [1.54, 1.807) is 13.1 Å². The summed E-state index contributed by atoms with van der Waals surface area (Å²) in [6.07, 6.45) is 2.99. The number of nitrogens with zero attached hydrogens (tertiary/aromatic N) is 3. The summed E-state index contributed by atoms with van der Waals surface area (Å²) < 4.78 is 0. The molecule has 0 radical (unpaired) electrons. The van der Waals surface area contributed by atoms with Gasteiger partial charge in [0.2, 0.25) is 5.28 Å². The Kier molecular flexibility index (Phi) is 3.75. The topological polar surface area (TPSA) is 86.7 Å². The number of aliphatic hydroxyl groups is 1. The Morgan fingerprint density at radius 1 is 1.53 bits per heavy atom. The van der Waals surface area contributed by atoms with Gasteiger partial charge < -0.3 is 10.4 Å². The van der Waals surface area contributed by atoms with Crippen LogP contribution in [0.1, 0.15) is 19.8 Å². The fourth-order valence-corrected chi connectivity index (χ4v) is 1.72. The highest BCUT2D eigenvalue weighted by Gasteiger charge is 2.07. The van der Waals surface area contributed by atoms with Crippen molar-refractivity contribution in [3.05, 3.63) is 11.5 Å². The Morgan fingerprint density at radius 2 is 2.35 bits per heavy atom. The third-order valence-corrected chi connectivity index (χ3v) is 2.54. The summed E-state index contributed by atoms with van der Waals surface area (Å²) in [5.41, 5.74) is 0.614. The molecule has 17 heavy (non-hydrogen) atoms. The molecule has 2 aromatic heterocycles. The molecule has 0 fully saturated rings. The van der Waals surface area contributed by atoms with Crippen molar-refractivity contribution in [2.45, 2.75) is 25.9 Å². The van der Waals surface area contributed by atoms with E-state index in [-0.39, 0.29) is 11.4 Å². The van der Waals surface area contributed by atoms with Crippen molar-refractivity contribution in [1.82, 2.24) is 20.2 Å². The van der Waals surface area contributed by atoms with Crippen LogP contribution < -0.4 is 5.32 Å². The predicted molar refractivity (Wildman–Crippen MR) is 66.1 cm³/mol. The van der Waals surface area contributed by atoms with Gasteiger partial charge in [0.1, 0.15) is 5.82 Å². The zero-order valence-electron chi connectivity index (χ0n) is 9.44. The SMILES string of the molecule is CC(O)CCCNc1nc(Cl)nc2[nH]ncc12. The van der Waals surface area contributed by atoms with Crippen molar-refractivity contribution >= 4 is 28.5 Å². The van der Waals surface area contributed by atoms with Crippen molar-refractivity contribution in [3.8, 4) is 0 Å². The number of nitrogens with one attached hydrogen (secondary N) is 2. The molecule has 0 amide bonds. The van der Waals surface area contributed by atoms with E-state index in [4.69, 9.17) is 16.7 Å². The van der Waals surface area contributed by atoms with Gasteiger partial charge >= 0.3 is 0 Å². The summed E-state index contributed by atoms with van der Waals surface area (Å²) >= 11 is 5.79. The Balaban J connectivity index is 2.04. The first-order valence-corrected chi connectivity index (χ1v) is 5.83. The van der Waals surface area contributed by atoms with Gasteiger partial charge in [0, 0.05) is 6.54 Å². The maximum Gasteiger partial charge on any atom is 0.226 e. The van der Waals surface area contributed by atoms with Crippen molar-refractivity contribution < 1.29 is 5.11 Å². The molecule has 1 unspecified atom stereocenters. The van der Waals surface area contributed by atoms with E-state index in [0.29, 0.717) is 11.5 Å². The summed E-state index contributed by atoms with van der Waals surface area (Å²) in [6, 6.07) is 0. The zero-order valence-corrected chi connectivity index (χ0v) is 10.2. The number of rotatable bonds is 5. The molecule has 0 bridgehead atoms. The van der Waals surface area contributed by atoms with Gasteiger partial charge in [-0.05, 0) is 31.4 Å². The highest BCUT2D eigenvalue weighted by atomic mass is 35.5. The summed E-state index contributed by atoms with van der Waals surface area (Å²) in [7, 11) is 0. The Bertz CT molecular complexity index is 498. The number of fused-ring (bicyclic) bond motifs is 1. The fourth-order valence-electron chi connectivity index (χ4n) is 1.55. The van der Waals surface area contributed by atoms with Crippen LogP contribution in [0.3, 0.4) is 0 Å². The fraction of sp³-hybridized carbons (Fsp3) is 0.500. The van der Waals surface area contributed by atoms with Crippen LogP contribution in [-0.4, -0.2) is 37.9 Å². The average molecular weight is 256 g/mol. The smallest absolute Gasteiger partial charge is 0.226 e. The Hall–Kier alpha value is -1.40. The number of hydrogen-bond donors (Lipinski definition) is 3. The lowest BCUT2D eigenvalue weighted by Crippen LogP contribution is -2.08. The van der Waals surface area contributed by atoms with Crippen LogP contribution in [0.15, 0.2) is 6.20 Å². The summed E-state index contributed by atoms with van der Waals surface area (Å²) in [5, 5.41) is 19.9. The van der Waals surface area contributed by atoms with Crippen molar-refractivity contribution in [2.24, 2.45) is 0 Å². The molecule has 0 aromatic carbocycles. The van der Waals surface area contributed by atoms with Crippen LogP contribution in [0.5, 0.6) is 0 Å². The molecule has 6 nitrogen and oxygen atoms in total. The van der Waals surface area contributed by atoms with Gasteiger partial charge in [-0.2, -0.15) is 15.1 Å². The van der Waals surface area contributed by atoms with Gasteiger partial charge in [-0.15, -0.1) is 0 Å². The highest BCUT2D eigenvalue weighted by molar-refractivity contribution is 6.28. The second-order valence-corrected chi connectivity index (χ2v) is 4.23. The zero-order chi connectivity index (χ0) is 12.3. The third-order valence-electron chi connectivity index (χ3n) is 2.37. The maximum atomic E-state index is 9.14. The van der Waals surface area contributed by atoms with Gasteiger partial charge in [0.15, 0.2) is 5.65 Å². The molecule has 3 N–H and O–H groups in total. The van der Waals surface area contributed by atoms with Gasteiger partial charge in [-0.3, -0.25) is 5.10 Å². The molecule has 0 aliphatic carbocycles. The second-order valence-electron chi connectivity index (χ2n) is 3.89. The van der Waals surface area contributed by atoms with Crippen LogP contribution >= 0.6 is 11.6 Å². The number of halogens is 1. The molecule has 2 heterocycles. The number of aromatic nitrogens is 4. The molecule has 92 valence electrons. The molecule has 7 heteroatoms. The average Bonchev–Trinajstić information content (AvgIpc) is 2.71. The van der Waals surface area contributed by atoms with Crippen molar-refractivity contribution in [3.63, 3.8) is 0 Å². The van der Waals surface area contributed by atoms with E-state index in [1.807, 2.05) is 0 Å². The van der Waals surface area contributed by atoms with E-state index >= 15 is 0 Å². The summed E-state index contributed by atoms with van der Waals surface area (Å²) in [5.74, 6) is 0.666. The normalized spacial score (nSPS) is 12.9. The van der Waals surface area contributed by atoms with Crippen LogP contribution in [0.25, 0.3) is 11.0 Å². The van der Waals surface area contributed by atoms with Crippen LogP contribution in [0.4, 0.5) is 5.82 Å². The molecule has 0 aliphatic rings. The van der Waals surface area contributed by atoms with Gasteiger partial charge in [-0.1, -0.05) is 0 Å². The lowest BCUT2D eigenvalue weighted by molar-refractivity contribution is 0.183. The first-order valence-electron chi connectivity index (χ1n) is 5.45. The maximum absolute atomic E-state index is 9.14. The molecule has 0 saturated carbocycles. The third kappa shape index (κ3) is 3.04. The van der Waals surface area contributed by atoms with Gasteiger partial charge in [0.05, 0.1) is 17.7 Å². The van der Waals surface area contributed by atoms with Gasteiger partial charge in [-0.25, -0.2) is 0 Å². The van der Waals surface area contributed by atoms with Crippen LogP contribution in [-0.2, 0) is 0 Å². The van der Waals surface area contributed by atoms with Crippen LogP contribution in [0, 0.1) is 0 Å². The molecule has 0 spiro atoms. The molecule has 2 rings (SSSR count). The number of anilines is 1. The summed E-state index contributed by atoms with van der Waals surface area (Å²) in [6.45, 7) is 2.49. The summed E-state index contributed by atoms with van der Waals surface area (Å²) in [4.78, 5) is 8.12. The molecule has 1 atom stereocenters. The van der Waals surface area contributed by atoms with Crippen molar-refractivity contribution in [2.75, 3.05) is 11.9 Å². The minimum Gasteiger partial charge on any atom is -0.393 e. The Morgan fingerprint density at radius 3 is 3.12 bits per heavy atom. The lowest BCUT2D eigenvalue weighted by atomic mass is 10.2. The molecular weight excluding hydrogens is 242 g/mol. The van der Waals surface area contributed by atoms with E-state index in [1.165, 1.54) is 0 Å². The number of H-pyrrole nitrogens is 1. The molecule has 0 saturated heterocycles. The minimum absolute atomic E-state index is 0.180. The highest BCUT2D eigenvalue weighted by Crippen LogP contribution is 2.19. The molecule has 2 aromatic rings. The van der Waals surface area contributed by atoms with E-state index < -0.39 is 0 Å². The quantitative estimate of drug-likeness (QED) is 0.558. The number of aromatic amines is 1. The van der Waals surface area contributed by atoms with Gasteiger partial charge in [0.25, 0.3) is 0 Å². The number of hydrogen-bond acceptors (Lipinski definition) is 5.